The predicted octanol–water partition coefficient (Wildman–Crippen LogP) is -0.626. The minimum absolute atomic E-state index is 0.130. The number of urea groups is 1. The zero-order chi connectivity index (χ0) is 13.0. The van der Waals surface area contributed by atoms with E-state index in [-0.39, 0.29) is 11.9 Å². The van der Waals surface area contributed by atoms with Gasteiger partial charge in [0.2, 0.25) is 5.91 Å². The Morgan fingerprint density at radius 3 is 1.53 bits per heavy atom. The minimum Gasteiger partial charge on any atom is -0.343 e. The van der Waals surface area contributed by atoms with Crippen LogP contribution in [0.2, 0.25) is 0 Å². The average molecular weight is 242 g/mol. The van der Waals surface area contributed by atoms with Crippen LogP contribution >= 0.6 is 0 Å². The van der Waals surface area contributed by atoms with Crippen LogP contribution in [0.25, 0.3) is 0 Å². The first-order valence-corrected chi connectivity index (χ1v) is 5.80. The van der Waals surface area contributed by atoms with E-state index in [4.69, 9.17) is 0 Å². The first-order chi connectivity index (χ1) is 7.91. The van der Waals surface area contributed by atoms with Gasteiger partial charge in [-0.3, -0.25) is 9.69 Å². The zero-order valence-corrected chi connectivity index (χ0v) is 11.1. The van der Waals surface area contributed by atoms with Crippen LogP contribution in [0.3, 0.4) is 0 Å². The summed E-state index contributed by atoms with van der Waals surface area (Å²) in [4.78, 5) is 28.9. The fourth-order valence-electron chi connectivity index (χ4n) is 1.66. The van der Waals surface area contributed by atoms with Crippen LogP contribution in [0.4, 0.5) is 4.79 Å². The van der Waals surface area contributed by atoms with Gasteiger partial charge in [0.1, 0.15) is 0 Å². The predicted molar refractivity (Wildman–Crippen MR) is 65.8 cm³/mol. The molecule has 2 aliphatic heterocycles. The summed E-state index contributed by atoms with van der Waals surface area (Å²) in [5, 5.41) is 0. The van der Waals surface area contributed by atoms with Crippen LogP contribution in [0.1, 0.15) is 0 Å². The molecule has 6 nitrogen and oxygen atoms in total. The summed E-state index contributed by atoms with van der Waals surface area (Å²) in [6.45, 7) is 4.19. The third-order valence-corrected chi connectivity index (χ3v) is 3.07. The highest BCUT2D eigenvalue weighted by molar-refractivity contribution is 5.78. The average Bonchev–Trinajstić information content (AvgIpc) is 2.56. The molecule has 0 atom stereocenters. The molecule has 0 N–H and O–H groups in total. The van der Waals surface area contributed by atoms with Crippen LogP contribution < -0.4 is 0 Å². The van der Waals surface area contributed by atoms with E-state index in [1.807, 2.05) is 33.1 Å². The summed E-state index contributed by atoms with van der Waals surface area (Å²) >= 11 is 0. The SMILES string of the molecule is CN1CCN(C)C(=O)C1.CN1CCN(C)C1=O. The van der Waals surface area contributed by atoms with Gasteiger partial charge in [-0.15, -0.1) is 0 Å². The van der Waals surface area contributed by atoms with Crippen molar-refractivity contribution in [3.63, 3.8) is 0 Å². The molecule has 0 bridgehead atoms. The van der Waals surface area contributed by atoms with Gasteiger partial charge < -0.3 is 14.7 Å². The Morgan fingerprint density at radius 2 is 1.24 bits per heavy atom. The topological polar surface area (TPSA) is 47.1 Å². The molecule has 0 unspecified atom stereocenters. The molecule has 2 rings (SSSR count). The summed E-state index contributed by atoms with van der Waals surface area (Å²) in [6.07, 6.45) is 0. The number of amides is 3. The molecule has 2 fully saturated rings. The number of carbonyl (C=O) groups excluding carboxylic acids is 2. The monoisotopic (exact) mass is 242 g/mol. The molecule has 0 radical (unpaired) electrons. The van der Waals surface area contributed by atoms with Gasteiger partial charge >= 0.3 is 6.03 Å². The highest BCUT2D eigenvalue weighted by Gasteiger charge is 2.20. The molecule has 98 valence electrons. The van der Waals surface area contributed by atoms with Crippen LogP contribution in [0, 0.1) is 0 Å². The van der Waals surface area contributed by atoms with Crippen molar-refractivity contribution in [1.29, 1.82) is 0 Å². The van der Waals surface area contributed by atoms with Gasteiger partial charge in [-0.05, 0) is 7.05 Å². The first kappa shape index (κ1) is 13.8. The molecular formula is C11H22N4O2. The minimum atomic E-state index is 0.130. The summed E-state index contributed by atoms with van der Waals surface area (Å²) < 4.78 is 0. The fraction of sp³-hybridized carbons (Fsp3) is 0.818. The summed E-state index contributed by atoms with van der Waals surface area (Å²) in [6, 6.07) is 0.130. The van der Waals surface area contributed by atoms with Gasteiger partial charge in [-0.25, -0.2) is 4.79 Å². The summed E-state index contributed by atoms with van der Waals surface area (Å²) in [5.74, 6) is 0.226. The molecule has 0 aromatic rings. The quantitative estimate of drug-likeness (QED) is 0.568. The molecular weight excluding hydrogens is 220 g/mol. The Balaban J connectivity index is 0.000000171. The number of rotatable bonds is 0. The maximum absolute atomic E-state index is 10.9. The number of piperazine rings is 1. The van der Waals surface area contributed by atoms with E-state index in [1.165, 1.54) is 0 Å². The van der Waals surface area contributed by atoms with Gasteiger partial charge in [0.25, 0.3) is 0 Å². The maximum Gasteiger partial charge on any atom is 0.319 e. The molecule has 17 heavy (non-hydrogen) atoms. The second-order valence-corrected chi connectivity index (χ2v) is 4.68. The number of carbonyl (C=O) groups is 2. The maximum atomic E-state index is 10.9. The van der Waals surface area contributed by atoms with Crippen molar-refractivity contribution in [3.8, 4) is 0 Å². The molecule has 0 saturated carbocycles. The van der Waals surface area contributed by atoms with E-state index in [2.05, 4.69) is 0 Å². The van der Waals surface area contributed by atoms with E-state index in [1.54, 1.807) is 14.7 Å². The van der Waals surface area contributed by atoms with Gasteiger partial charge in [0.15, 0.2) is 0 Å². The lowest BCUT2D eigenvalue weighted by Crippen LogP contribution is -2.46. The molecule has 0 aromatic heterocycles. The second-order valence-electron chi connectivity index (χ2n) is 4.68. The Labute approximate surface area is 103 Å². The Bertz CT molecular complexity index is 283. The second kappa shape index (κ2) is 5.86. The number of hydrogen-bond acceptors (Lipinski definition) is 3. The Kier molecular flexibility index (Phi) is 4.74. The normalized spacial score (nSPS) is 21.8. The molecule has 0 aromatic carbocycles. The van der Waals surface area contributed by atoms with Gasteiger partial charge in [0, 0.05) is 47.3 Å². The number of hydrogen-bond donors (Lipinski definition) is 0. The van der Waals surface area contributed by atoms with Gasteiger partial charge in [-0.1, -0.05) is 0 Å². The molecule has 6 heteroatoms. The number of nitrogens with zero attached hydrogens (tertiary/aromatic N) is 4. The van der Waals surface area contributed by atoms with Crippen molar-refractivity contribution in [2.45, 2.75) is 0 Å². The summed E-state index contributed by atoms with van der Waals surface area (Å²) in [5.41, 5.74) is 0. The smallest absolute Gasteiger partial charge is 0.319 e. The highest BCUT2D eigenvalue weighted by Crippen LogP contribution is 2.00. The summed E-state index contributed by atoms with van der Waals surface area (Å²) in [7, 11) is 7.43. The lowest BCUT2D eigenvalue weighted by Gasteiger charge is -2.28. The fourth-order valence-corrected chi connectivity index (χ4v) is 1.66. The lowest BCUT2D eigenvalue weighted by atomic mass is 10.3. The van der Waals surface area contributed by atoms with Crippen molar-refractivity contribution >= 4 is 11.9 Å². The van der Waals surface area contributed by atoms with Crippen molar-refractivity contribution in [3.05, 3.63) is 0 Å². The zero-order valence-electron chi connectivity index (χ0n) is 11.1. The first-order valence-electron chi connectivity index (χ1n) is 5.80. The van der Waals surface area contributed by atoms with Crippen molar-refractivity contribution < 1.29 is 9.59 Å². The van der Waals surface area contributed by atoms with E-state index >= 15 is 0 Å². The highest BCUT2D eigenvalue weighted by atomic mass is 16.2. The van der Waals surface area contributed by atoms with Crippen LogP contribution in [-0.2, 0) is 4.79 Å². The van der Waals surface area contributed by atoms with E-state index in [0.717, 1.165) is 26.2 Å². The third kappa shape index (κ3) is 3.89. The lowest BCUT2D eigenvalue weighted by molar-refractivity contribution is -0.133. The molecule has 0 aliphatic carbocycles. The van der Waals surface area contributed by atoms with E-state index in [9.17, 15) is 9.59 Å². The molecule has 2 saturated heterocycles. The van der Waals surface area contributed by atoms with Gasteiger partial charge in [0.05, 0.1) is 6.54 Å². The van der Waals surface area contributed by atoms with Crippen molar-refractivity contribution in [2.75, 3.05) is 60.9 Å². The molecule has 2 aliphatic rings. The Morgan fingerprint density at radius 1 is 0.765 bits per heavy atom. The van der Waals surface area contributed by atoms with E-state index in [0.29, 0.717) is 6.54 Å². The molecule has 3 amide bonds. The Hall–Kier alpha value is -1.30. The number of likely N-dealkylation sites (N-methyl/N-ethyl adjacent to an activating group) is 4. The van der Waals surface area contributed by atoms with Crippen molar-refractivity contribution in [2.24, 2.45) is 0 Å². The van der Waals surface area contributed by atoms with Crippen LogP contribution in [0.5, 0.6) is 0 Å². The van der Waals surface area contributed by atoms with Gasteiger partial charge in [-0.2, -0.15) is 0 Å². The molecule has 2 heterocycles. The van der Waals surface area contributed by atoms with Crippen LogP contribution in [-0.4, -0.2) is 92.5 Å². The van der Waals surface area contributed by atoms with Crippen molar-refractivity contribution in [1.82, 2.24) is 19.6 Å². The third-order valence-electron chi connectivity index (χ3n) is 3.07. The molecule has 0 spiro atoms. The largest absolute Gasteiger partial charge is 0.343 e. The standard InChI is InChI=1S/C6H12N2O.C5H10N2O/c1-7-3-4-8(2)6(9)5-7;1-6-3-4-7(2)5(6)8/h3-5H2,1-2H3;3-4H2,1-2H3. The van der Waals surface area contributed by atoms with Crippen LogP contribution in [0.15, 0.2) is 0 Å². The van der Waals surface area contributed by atoms with E-state index < -0.39 is 0 Å².